The van der Waals surface area contributed by atoms with Gasteiger partial charge in [0.2, 0.25) is 5.91 Å². The Morgan fingerprint density at radius 3 is 2.55 bits per heavy atom. The molecule has 5 rings (SSSR count). The largest absolute Gasteiger partial charge is 0.619 e. The van der Waals surface area contributed by atoms with Crippen LogP contribution in [-0.2, 0) is 11.2 Å². The molecule has 2 aromatic heterocycles. The van der Waals surface area contributed by atoms with Crippen molar-refractivity contribution in [2.75, 3.05) is 5.32 Å². The number of imidazole rings is 1. The van der Waals surface area contributed by atoms with Gasteiger partial charge in [-0.2, -0.15) is 4.73 Å². The van der Waals surface area contributed by atoms with Crippen molar-refractivity contribution in [1.82, 2.24) is 9.97 Å². The van der Waals surface area contributed by atoms with E-state index in [2.05, 4.69) is 29.4 Å². The summed E-state index contributed by atoms with van der Waals surface area (Å²) in [5, 5.41) is 14.3. The van der Waals surface area contributed by atoms with E-state index in [0.29, 0.717) is 16.0 Å². The van der Waals surface area contributed by atoms with Crippen molar-refractivity contribution in [1.29, 1.82) is 0 Å². The zero-order chi connectivity index (χ0) is 22.8. The molecule has 5 aromatic rings. The molecule has 1 amide bonds. The SMILES string of the molecule is Cc1cccc2[nH]c(-c3cccc(-c4cccc(NC(=O)Cc5ccc[n+]([O-])c5)c4)c3)nc12. The molecule has 0 spiro atoms. The summed E-state index contributed by atoms with van der Waals surface area (Å²) in [6.07, 6.45) is 2.93. The summed E-state index contributed by atoms with van der Waals surface area (Å²) in [6, 6.07) is 25.4. The Hall–Kier alpha value is -4.45. The van der Waals surface area contributed by atoms with Crippen LogP contribution >= 0.6 is 0 Å². The number of aromatic amines is 1. The van der Waals surface area contributed by atoms with Crippen LogP contribution in [0, 0.1) is 12.1 Å². The van der Waals surface area contributed by atoms with Crippen LogP contribution in [0.5, 0.6) is 0 Å². The summed E-state index contributed by atoms with van der Waals surface area (Å²) in [5.41, 5.74) is 7.49. The molecule has 33 heavy (non-hydrogen) atoms. The van der Waals surface area contributed by atoms with E-state index >= 15 is 0 Å². The summed E-state index contributed by atoms with van der Waals surface area (Å²) >= 11 is 0. The van der Waals surface area contributed by atoms with Crippen molar-refractivity contribution in [3.8, 4) is 22.5 Å². The van der Waals surface area contributed by atoms with Crippen molar-refractivity contribution in [2.45, 2.75) is 13.3 Å². The number of aromatic nitrogens is 3. The summed E-state index contributed by atoms with van der Waals surface area (Å²) in [5.74, 6) is 0.647. The van der Waals surface area contributed by atoms with Crippen LogP contribution in [0.15, 0.2) is 91.3 Å². The maximum Gasteiger partial charge on any atom is 0.229 e. The van der Waals surface area contributed by atoms with Gasteiger partial charge in [-0.3, -0.25) is 4.79 Å². The van der Waals surface area contributed by atoms with E-state index in [0.717, 1.165) is 39.1 Å². The predicted octanol–water partition coefficient (Wildman–Crippen LogP) is 5.02. The van der Waals surface area contributed by atoms with Crippen LogP contribution < -0.4 is 10.0 Å². The van der Waals surface area contributed by atoms with Gasteiger partial charge in [-0.25, -0.2) is 4.98 Å². The van der Waals surface area contributed by atoms with Gasteiger partial charge < -0.3 is 15.5 Å². The molecule has 0 aliphatic rings. The number of hydrogen-bond acceptors (Lipinski definition) is 3. The highest BCUT2D eigenvalue weighted by Crippen LogP contribution is 2.28. The first kappa shape index (κ1) is 20.5. The zero-order valence-corrected chi connectivity index (χ0v) is 18.1. The van der Waals surface area contributed by atoms with Gasteiger partial charge in [-0.15, -0.1) is 0 Å². The number of carbonyl (C=O) groups excluding carboxylic acids is 1. The molecule has 0 aliphatic heterocycles. The van der Waals surface area contributed by atoms with Crippen LogP contribution in [0.4, 0.5) is 5.69 Å². The Morgan fingerprint density at radius 1 is 0.970 bits per heavy atom. The maximum atomic E-state index is 12.5. The number of benzene rings is 3. The number of nitrogens with zero attached hydrogens (tertiary/aromatic N) is 2. The highest BCUT2D eigenvalue weighted by Gasteiger charge is 2.10. The number of H-pyrrole nitrogens is 1. The van der Waals surface area contributed by atoms with Gasteiger partial charge >= 0.3 is 0 Å². The van der Waals surface area contributed by atoms with Crippen LogP contribution in [0.2, 0.25) is 0 Å². The quantitative estimate of drug-likeness (QED) is 0.301. The molecule has 0 radical (unpaired) electrons. The first-order valence-corrected chi connectivity index (χ1v) is 10.7. The number of nitrogens with one attached hydrogen (secondary N) is 2. The van der Waals surface area contributed by atoms with Crippen molar-refractivity contribution < 1.29 is 9.52 Å². The Morgan fingerprint density at radius 2 is 1.73 bits per heavy atom. The first-order valence-electron chi connectivity index (χ1n) is 10.7. The molecule has 2 N–H and O–H groups in total. The second kappa shape index (κ2) is 8.59. The van der Waals surface area contributed by atoms with Crippen molar-refractivity contribution in [2.24, 2.45) is 0 Å². The minimum absolute atomic E-state index is 0.133. The van der Waals surface area contributed by atoms with Gasteiger partial charge in [-0.05, 0) is 53.9 Å². The molecule has 2 heterocycles. The lowest BCUT2D eigenvalue weighted by Crippen LogP contribution is -2.26. The number of aryl methyl sites for hydroxylation is 1. The topological polar surface area (TPSA) is 84.7 Å². The van der Waals surface area contributed by atoms with Gasteiger partial charge in [0.25, 0.3) is 0 Å². The average Bonchev–Trinajstić information content (AvgIpc) is 3.25. The summed E-state index contributed by atoms with van der Waals surface area (Å²) in [4.78, 5) is 20.6. The Kier molecular flexibility index (Phi) is 5.32. The van der Waals surface area contributed by atoms with Gasteiger partial charge in [0.1, 0.15) is 5.82 Å². The Balaban J connectivity index is 1.38. The molecule has 0 fully saturated rings. The molecule has 162 valence electrons. The molecule has 6 heteroatoms. The van der Waals surface area contributed by atoms with E-state index in [-0.39, 0.29) is 12.3 Å². The van der Waals surface area contributed by atoms with Gasteiger partial charge in [0.05, 0.1) is 17.5 Å². The maximum absolute atomic E-state index is 12.5. The minimum atomic E-state index is -0.176. The highest BCUT2D eigenvalue weighted by atomic mass is 16.5. The minimum Gasteiger partial charge on any atom is -0.619 e. The molecular weight excluding hydrogens is 412 g/mol. The fraction of sp³-hybridized carbons (Fsp3) is 0.0741. The number of pyridine rings is 1. The number of anilines is 1. The Bertz CT molecular complexity index is 1470. The number of carbonyl (C=O) groups is 1. The first-order chi connectivity index (χ1) is 16.0. The van der Waals surface area contributed by atoms with Gasteiger partial charge in [0.15, 0.2) is 12.4 Å². The fourth-order valence-electron chi connectivity index (χ4n) is 3.93. The van der Waals surface area contributed by atoms with E-state index in [1.807, 2.05) is 54.6 Å². The molecule has 0 bridgehead atoms. The van der Waals surface area contributed by atoms with E-state index in [4.69, 9.17) is 4.98 Å². The molecule has 3 aromatic carbocycles. The van der Waals surface area contributed by atoms with Crippen molar-refractivity contribution >= 4 is 22.6 Å². The van der Waals surface area contributed by atoms with Crippen molar-refractivity contribution in [3.63, 3.8) is 0 Å². The number of hydrogen-bond donors (Lipinski definition) is 2. The standard InChI is InChI=1S/C27H22N4O2/c1-18-6-2-12-24-26(18)30-27(29-24)22-10-3-8-20(15-22)21-9-4-11-23(16-21)28-25(32)14-19-7-5-13-31(33)17-19/h2-13,15-17H,14H2,1H3,(H,28,32)(H,29,30). The molecular formula is C27H22N4O2. The Labute approximate surface area is 191 Å². The monoisotopic (exact) mass is 434 g/mol. The van der Waals surface area contributed by atoms with E-state index in [1.165, 1.54) is 12.4 Å². The van der Waals surface area contributed by atoms with Gasteiger partial charge in [-0.1, -0.05) is 42.5 Å². The highest BCUT2D eigenvalue weighted by molar-refractivity contribution is 5.93. The second-order valence-corrected chi connectivity index (χ2v) is 8.02. The smallest absolute Gasteiger partial charge is 0.229 e. The third kappa shape index (κ3) is 4.45. The number of rotatable bonds is 5. The van der Waals surface area contributed by atoms with Crippen LogP contribution in [-0.4, -0.2) is 15.9 Å². The van der Waals surface area contributed by atoms with Crippen molar-refractivity contribution in [3.05, 3.63) is 108 Å². The van der Waals surface area contributed by atoms with Gasteiger partial charge in [0, 0.05) is 22.9 Å². The summed E-state index contributed by atoms with van der Waals surface area (Å²) in [7, 11) is 0. The third-order valence-electron chi connectivity index (χ3n) is 5.53. The fourth-order valence-corrected chi connectivity index (χ4v) is 3.93. The van der Waals surface area contributed by atoms with E-state index in [1.54, 1.807) is 12.1 Å². The molecule has 0 aliphatic carbocycles. The third-order valence-corrected chi connectivity index (χ3v) is 5.53. The van der Waals surface area contributed by atoms with Crippen LogP contribution in [0.1, 0.15) is 11.1 Å². The molecule has 0 atom stereocenters. The average molecular weight is 434 g/mol. The van der Waals surface area contributed by atoms with Crippen LogP contribution in [0.3, 0.4) is 0 Å². The number of amides is 1. The van der Waals surface area contributed by atoms with Crippen LogP contribution in [0.25, 0.3) is 33.5 Å². The lowest BCUT2D eigenvalue weighted by molar-refractivity contribution is -0.605. The lowest BCUT2D eigenvalue weighted by atomic mass is 10.0. The molecule has 0 unspecified atom stereocenters. The summed E-state index contributed by atoms with van der Waals surface area (Å²) in [6.45, 7) is 2.05. The van der Waals surface area contributed by atoms with E-state index < -0.39 is 0 Å². The normalized spacial score (nSPS) is 10.9. The number of para-hydroxylation sites is 1. The van der Waals surface area contributed by atoms with E-state index in [9.17, 15) is 10.0 Å². The predicted molar refractivity (Wildman–Crippen MR) is 129 cm³/mol. The second-order valence-electron chi connectivity index (χ2n) is 8.02. The zero-order valence-electron chi connectivity index (χ0n) is 18.1. The lowest BCUT2D eigenvalue weighted by Gasteiger charge is -2.09. The molecule has 6 nitrogen and oxygen atoms in total. The summed E-state index contributed by atoms with van der Waals surface area (Å²) < 4.78 is 0.694. The molecule has 0 saturated carbocycles. The number of fused-ring (bicyclic) bond motifs is 1. The molecule has 0 saturated heterocycles.